The Labute approximate surface area is 186 Å². The molecule has 3 aromatic rings. The standard InChI is InChI=1S/C24H25ClN2O2S/c1-2-20-16-21(24(30-20)26-23(28)18-6-4-3-5-7-18)22(27-12-14-29-15-13-27)17-8-10-19(25)11-9-17/h3-11,16,22H,2,12-15H2,1H3,(H,26,28). The zero-order valence-electron chi connectivity index (χ0n) is 16.9. The highest BCUT2D eigenvalue weighted by molar-refractivity contribution is 7.16. The van der Waals surface area contributed by atoms with Crippen LogP contribution in [-0.2, 0) is 11.2 Å². The highest BCUT2D eigenvalue weighted by Crippen LogP contribution is 2.40. The average Bonchev–Trinajstić information content (AvgIpc) is 3.19. The summed E-state index contributed by atoms with van der Waals surface area (Å²) in [5, 5.41) is 4.81. The lowest BCUT2D eigenvalue weighted by Gasteiger charge is -2.35. The third kappa shape index (κ3) is 4.76. The first-order chi connectivity index (χ1) is 14.7. The Hall–Kier alpha value is -2.18. The van der Waals surface area contributed by atoms with Gasteiger partial charge in [0, 0.05) is 34.1 Å². The Bertz CT molecular complexity index is 982. The van der Waals surface area contributed by atoms with Gasteiger partial charge >= 0.3 is 0 Å². The number of ether oxygens (including phenoxy) is 1. The van der Waals surface area contributed by atoms with E-state index >= 15 is 0 Å². The number of nitrogens with one attached hydrogen (secondary N) is 1. The molecule has 6 heteroatoms. The van der Waals surface area contributed by atoms with Crippen molar-refractivity contribution in [1.29, 1.82) is 0 Å². The summed E-state index contributed by atoms with van der Waals surface area (Å²) >= 11 is 7.81. The summed E-state index contributed by atoms with van der Waals surface area (Å²) in [6.45, 7) is 5.25. The summed E-state index contributed by atoms with van der Waals surface area (Å²) in [7, 11) is 0. The molecular formula is C24H25ClN2O2S. The number of hydrogen-bond acceptors (Lipinski definition) is 4. The van der Waals surface area contributed by atoms with Gasteiger partial charge in [-0.1, -0.05) is 48.9 Å². The van der Waals surface area contributed by atoms with E-state index in [0.717, 1.165) is 40.7 Å². The number of morpholine rings is 1. The van der Waals surface area contributed by atoms with Crippen LogP contribution in [0.4, 0.5) is 5.00 Å². The van der Waals surface area contributed by atoms with E-state index in [1.54, 1.807) is 11.3 Å². The van der Waals surface area contributed by atoms with Crippen LogP contribution in [0.3, 0.4) is 0 Å². The van der Waals surface area contributed by atoms with E-state index < -0.39 is 0 Å². The summed E-state index contributed by atoms with van der Waals surface area (Å²) in [5.41, 5.74) is 2.95. The number of nitrogens with zero attached hydrogens (tertiary/aromatic N) is 1. The van der Waals surface area contributed by atoms with Crippen LogP contribution in [-0.4, -0.2) is 37.1 Å². The van der Waals surface area contributed by atoms with E-state index in [1.807, 2.05) is 42.5 Å². The Morgan fingerprint density at radius 3 is 2.50 bits per heavy atom. The fraction of sp³-hybridized carbons (Fsp3) is 0.292. The summed E-state index contributed by atoms with van der Waals surface area (Å²) in [5.74, 6) is -0.0850. The Morgan fingerprint density at radius 2 is 1.83 bits per heavy atom. The molecule has 1 amide bonds. The first-order valence-electron chi connectivity index (χ1n) is 10.2. The molecule has 1 unspecified atom stereocenters. The largest absolute Gasteiger partial charge is 0.379 e. The number of aryl methyl sites for hydroxylation is 1. The monoisotopic (exact) mass is 440 g/mol. The Balaban J connectivity index is 1.73. The molecule has 0 spiro atoms. The van der Waals surface area contributed by atoms with Gasteiger partial charge in [-0.2, -0.15) is 0 Å². The normalized spacial score (nSPS) is 15.7. The second-order valence-electron chi connectivity index (χ2n) is 7.27. The van der Waals surface area contributed by atoms with Gasteiger partial charge in [0.25, 0.3) is 5.91 Å². The first kappa shape index (κ1) is 21.1. The quantitative estimate of drug-likeness (QED) is 0.539. The van der Waals surface area contributed by atoms with Crippen LogP contribution in [0.1, 0.15) is 39.3 Å². The van der Waals surface area contributed by atoms with Crippen molar-refractivity contribution < 1.29 is 9.53 Å². The molecule has 1 aliphatic rings. The minimum absolute atomic E-state index is 0.0359. The number of carbonyl (C=O) groups is 1. The molecule has 2 heterocycles. The van der Waals surface area contributed by atoms with Crippen molar-refractivity contribution in [1.82, 2.24) is 4.90 Å². The molecule has 1 aliphatic heterocycles. The zero-order valence-corrected chi connectivity index (χ0v) is 18.5. The van der Waals surface area contributed by atoms with Crippen molar-refractivity contribution >= 4 is 33.8 Å². The van der Waals surface area contributed by atoms with E-state index in [4.69, 9.17) is 16.3 Å². The van der Waals surface area contributed by atoms with Crippen molar-refractivity contribution in [3.8, 4) is 0 Å². The van der Waals surface area contributed by atoms with Gasteiger partial charge in [-0.25, -0.2) is 0 Å². The molecule has 4 rings (SSSR count). The van der Waals surface area contributed by atoms with Crippen molar-refractivity contribution in [2.45, 2.75) is 19.4 Å². The first-order valence-corrected chi connectivity index (χ1v) is 11.4. The number of hydrogen-bond donors (Lipinski definition) is 1. The van der Waals surface area contributed by atoms with Gasteiger partial charge in [0.15, 0.2) is 0 Å². The number of benzene rings is 2. The smallest absolute Gasteiger partial charge is 0.256 e. The molecule has 30 heavy (non-hydrogen) atoms. The maximum atomic E-state index is 12.9. The van der Waals surface area contributed by atoms with Gasteiger partial charge < -0.3 is 10.1 Å². The van der Waals surface area contributed by atoms with Crippen LogP contribution in [0.25, 0.3) is 0 Å². The molecule has 2 aromatic carbocycles. The van der Waals surface area contributed by atoms with E-state index in [2.05, 4.69) is 35.3 Å². The zero-order chi connectivity index (χ0) is 20.9. The summed E-state index contributed by atoms with van der Waals surface area (Å²) in [6, 6.07) is 19.6. The lowest BCUT2D eigenvalue weighted by atomic mass is 9.97. The van der Waals surface area contributed by atoms with Crippen LogP contribution < -0.4 is 5.32 Å². The van der Waals surface area contributed by atoms with Crippen molar-refractivity contribution in [3.63, 3.8) is 0 Å². The molecule has 0 saturated carbocycles. The number of carbonyl (C=O) groups excluding carboxylic acids is 1. The molecule has 0 radical (unpaired) electrons. The fourth-order valence-corrected chi connectivity index (χ4v) is 4.92. The second kappa shape index (κ2) is 9.75. The number of thiophene rings is 1. The molecule has 1 fully saturated rings. The summed E-state index contributed by atoms with van der Waals surface area (Å²) in [4.78, 5) is 16.6. The fourth-order valence-electron chi connectivity index (χ4n) is 3.77. The number of rotatable bonds is 6. The molecule has 1 aromatic heterocycles. The average molecular weight is 441 g/mol. The minimum atomic E-state index is -0.0850. The molecule has 1 saturated heterocycles. The summed E-state index contributed by atoms with van der Waals surface area (Å²) < 4.78 is 5.59. The minimum Gasteiger partial charge on any atom is -0.379 e. The molecule has 1 atom stereocenters. The second-order valence-corrected chi connectivity index (χ2v) is 8.85. The maximum absolute atomic E-state index is 12.9. The molecule has 156 valence electrons. The highest BCUT2D eigenvalue weighted by Gasteiger charge is 2.28. The van der Waals surface area contributed by atoms with Gasteiger partial charge in [0.05, 0.1) is 19.3 Å². The number of halogens is 1. The van der Waals surface area contributed by atoms with Crippen LogP contribution in [0.5, 0.6) is 0 Å². The maximum Gasteiger partial charge on any atom is 0.256 e. The molecule has 0 aliphatic carbocycles. The highest BCUT2D eigenvalue weighted by atomic mass is 35.5. The van der Waals surface area contributed by atoms with Crippen molar-refractivity contribution in [2.75, 3.05) is 31.6 Å². The van der Waals surface area contributed by atoms with E-state index in [0.29, 0.717) is 18.8 Å². The van der Waals surface area contributed by atoms with E-state index in [1.165, 1.54) is 4.88 Å². The number of amides is 1. The Kier molecular flexibility index (Phi) is 6.85. The van der Waals surface area contributed by atoms with Gasteiger partial charge in [-0.15, -0.1) is 11.3 Å². The van der Waals surface area contributed by atoms with E-state index in [-0.39, 0.29) is 11.9 Å². The Morgan fingerprint density at radius 1 is 1.13 bits per heavy atom. The summed E-state index contributed by atoms with van der Waals surface area (Å²) in [6.07, 6.45) is 0.926. The third-order valence-electron chi connectivity index (χ3n) is 5.31. The van der Waals surface area contributed by atoms with Gasteiger partial charge in [0.1, 0.15) is 5.00 Å². The van der Waals surface area contributed by atoms with Crippen LogP contribution in [0.2, 0.25) is 5.02 Å². The van der Waals surface area contributed by atoms with E-state index in [9.17, 15) is 4.79 Å². The van der Waals surface area contributed by atoms with Gasteiger partial charge in [-0.05, 0) is 42.3 Å². The predicted octanol–water partition coefficient (Wildman–Crippen LogP) is 5.64. The van der Waals surface area contributed by atoms with Crippen molar-refractivity contribution in [3.05, 3.63) is 87.3 Å². The van der Waals surface area contributed by atoms with Crippen LogP contribution in [0, 0.1) is 0 Å². The molecule has 1 N–H and O–H groups in total. The van der Waals surface area contributed by atoms with Gasteiger partial charge in [-0.3, -0.25) is 9.69 Å². The van der Waals surface area contributed by atoms with Gasteiger partial charge in [0.2, 0.25) is 0 Å². The molecular weight excluding hydrogens is 416 g/mol. The predicted molar refractivity (Wildman–Crippen MR) is 124 cm³/mol. The SMILES string of the molecule is CCc1cc(C(c2ccc(Cl)cc2)N2CCOCC2)c(NC(=O)c2ccccc2)s1. The molecule has 4 nitrogen and oxygen atoms in total. The lowest BCUT2D eigenvalue weighted by Crippen LogP contribution is -2.39. The molecule has 0 bridgehead atoms. The van der Waals surface area contributed by atoms with Crippen LogP contribution >= 0.6 is 22.9 Å². The number of anilines is 1. The van der Waals surface area contributed by atoms with Crippen molar-refractivity contribution in [2.24, 2.45) is 0 Å². The van der Waals surface area contributed by atoms with Crippen LogP contribution in [0.15, 0.2) is 60.7 Å². The lowest BCUT2D eigenvalue weighted by molar-refractivity contribution is 0.0241. The topological polar surface area (TPSA) is 41.6 Å². The third-order valence-corrected chi connectivity index (χ3v) is 6.78.